The van der Waals surface area contributed by atoms with Gasteiger partial charge < -0.3 is 0 Å². The number of nitrogens with two attached hydrogens (primary N) is 1. The van der Waals surface area contributed by atoms with Crippen LogP contribution in [-0.4, -0.2) is 16.4 Å². The Balaban J connectivity index is 1.10. The van der Waals surface area contributed by atoms with Gasteiger partial charge in [-0.05, 0) is 90.2 Å². The lowest BCUT2D eigenvalue weighted by atomic mass is 9.84. The standard InChI is InChI=1S/C47H32N4/c48-43-29-34(22-25-45(43)51-50-44-26-24-36(35-16-11-27-49-30-35)37-17-7-8-18-38(37)44)33-21-23-41-42(28-33)47(32-14-5-2-6-15-32)40-20-10-9-19-39(40)46(41)31-12-3-1-4-13-31/h1-30,48,50H/p+1/b48-43?,51-45-. The van der Waals surface area contributed by atoms with Gasteiger partial charge in [-0.25, -0.2) is 0 Å². The third-order valence-electron chi connectivity index (χ3n) is 9.70. The van der Waals surface area contributed by atoms with Crippen molar-refractivity contribution in [3.05, 3.63) is 188 Å². The summed E-state index contributed by atoms with van der Waals surface area (Å²) in [6, 6.07) is 53.5. The van der Waals surface area contributed by atoms with E-state index in [0.717, 1.165) is 38.7 Å². The van der Waals surface area contributed by atoms with E-state index in [1.807, 2.05) is 30.5 Å². The molecule has 3 N–H and O–H groups in total. The van der Waals surface area contributed by atoms with Crippen LogP contribution in [0.3, 0.4) is 0 Å². The number of pyridine rings is 1. The number of aromatic nitrogens is 1. The molecule has 51 heavy (non-hydrogen) atoms. The van der Waals surface area contributed by atoms with Crippen LogP contribution in [0.25, 0.3) is 71.3 Å². The highest BCUT2D eigenvalue weighted by Gasteiger charge is 2.20. The van der Waals surface area contributed by atoms with E-state index in [-0.39, 0.29) is 0 Å². The number of hydrogen-bond donors (Lipinski definition) is 2. The number of benzene rings is 7. The lowest BCUT2D eigenvalue weighted by Gasteiger charge is -2.19. The first-order valence-electron chi connectivity index (χ1n) is 17.1. The molecule has 1 aromatic heterocycles. The van der Waals surface area contributed by atoms with E-state index in [0.29, 0.717) is 11.4 Å². The van der Waals surface area contributed by atoms with Crippen molar-refractivity contribution in [2.24, 2.45) is 5.10 Å². The highest BCUT2D eigenvalue weighted by molar-refractivity contribution is 6.50. The first-order valence-corrected chi connectivity index (χ1v) is 17.1. The second kappa shape index (κ2) is 12.8. The summed E-state index contributed by atoms with van der Waals surface area (Å²) in [7, 11) is 0. The third kappa shape index (κ3) is 5.49. The van der Waals surface area contributed by atoms with E-state index < -0.39 is 0 Å². The molecule has 0 saturated heterocycles. The van der Waals surface area contributed by atoms with Crippen molar-refractivity contribution < 1.29 is 5.41 Å². The van der Waals surface area contributed by atoms with Gasteiger partial charge in [0.05, 0.1) is 5.69 Å². The molecule has 1 aliphatic rings. The second-order valence-corrected chi connectivity index (χ2v) is 12.7. The van der Waals surface area contributed by atoms with E-state index in [4.69, 9.17) is 10.5 Å². The van der Waals surface area contributed by atoms with Crippen LogP contribution in [-0.2, 0) is 0 Å². The average molecular weight is 654 g/mol. The van der Waals surface area contributed by atoms with Gasteiger partial charge in [-0.3, -0.25) is 15.8 Å². The van der Waals surface area contributed by atoms with Crippen LogP contribution in [0.1, 0.15) is 5.56 Å². The van der Waals surface area contributed by atoms with E-state index in [1.54, 1.807) is 6.20 Å². The molecular formula is C47H33N4+. The van der Waals surface area contributed by atoms with Crippen LogP contribution >= 0.6 is 0 Å². The maximum Gasteiger partial charge on any atom is 0.225 e. The van der Waals surface area contributed by atoms with Gasteiger partial charge in [-0.2, -0.15) is 5.10 Å². The van der Waals surface area contributed by atoms with Gasteiger partial charge in [0.15, 0.2) is 5.71 Å². The summed E-state index contributed by atoms with van der Waals surface area (Å²) in [5.41, 5.74) is 14.7. The first kappa shape index (κ1) is 30.2. The third-order valence-corrected chi connectivity index (χ3v) is 9.70. The zero-order chi connectivity index (χ0) is 34.1. The second-order valence-electron chi connectivity index (χ2n) is 12.7. The first-order chi connectivity index (χ1) is 25.2. The minimum atomic E-state index is 0.600. The average Bonchev–Trinajstić information content (AvgIpc) is 3.20. The molecule has 7 aromatic carbocycles. The van der Waals surface area contributed by atoms with Crippen LogP contribution in [0.15, 0.2) is 187 Å². The summed E-state index contributed by atoms with van der Waals surface area (Å²) >= 11 is 0. The van der Waals surface area contributed by atoms with Crippen LogP contribution in [0.2, 0.25) is 0 Å². The van der Waals surface area contributed by atoms with Crippen molar-refractivity contribution in [2.75, 3.05) is 5.43 Å². The number of rotatable bonds is 6. The number of allylic oxidation sites excluding steroid dienone is 4. The van der Waals surface area contributed by atoms with E-state index in [9.17, 15) is 0 Å². The molecule has 9 rings (SSSR count). The van der Waals surface area contributed by atoms with Crippen LogP contribution in [0, 0.1) is 0 Å². The minimum absolute atomic E-state index is 0.600. The van der Waals surface area contributed by atoms with Crippen molar-refractivity contribution in [2.45, 2.75) is 0 Å². The molecule has 1 aliphatic carbocycles. The highest BCUT2D eigenvalue weighted by Crippen LogP contribution is 2.44. The molecule has 4 heteroatoms. The Hall–Kier alpha value is -6.91. The van der Waals surface area contributed by atoms with E-state index >= 15 is 0 Å². The van der Waals surface area contributed by atoms with E-state index in [2.05, 4.69) is 156 Å². The fraction of sp³-hybridized carbons (Fsp3) is 0. The molecule has 0 amide bonds. The normalized spacial score (nSPS) is 13.6. The monoisotopic (exact) mass is 653 g/mol. The Morgan fingerprint density at radius 3 is 1.76 bits per heavy atom. The summed E-state index contributed by atoms with van der Waals surface area (Å²) in [5, 5.41) is 18.6. The van der Waals surface area contributed by atoms with Gasteiger partial charge in [0.1, 0.15) is 0 Å². The quantitative estimate of drug-likeness (QED) is 0.107. The van der Waals surface area contributed by atoms with Crippen molar-refractivity contribution in [1.29, 1.82) is 0 Å². The number of hydrogen-bond acceptors (Lipinski definition) is 3. The molecule has 0 fully saturated rings. The summed E-state index contributed by atoms with van der Waals surface area (Å²) in [6.07, 6.45) is 9.79. The van der Waals surface area contributed by atoms with Gasteiger partial charge in [-0.1, -0.05) is 140 Å². The lowest BCUT2D eigenvalue weighted by Crippen LogP contribution is -2.44. The van der Waals surface area contributed by atoms with Crippen LogP contribution in [0.5, 0.6) is 0 Å². The van der Waals surface area contributed by atoms with Gasteiger partial charge in [0, 0.05) is 29.4 Å². The molecule has 240 valence electrons. The summed E-state index contributed by atoms with van der Waals surface area (Å²) in [4.78, 5) is 4.32. The summed E-state index contributed by atoms with van der Waals surface area (Å²) in [6.45, 7) is 0. The number of anilines is 1. The fourth-order valence-electron chi connectivity index (χ4n) is 7.32. The molecular weight excluding hydrogens is 621 g/mol. The maximum absolute atomic E-state index is 6.70. The number of nitrogens with one attached hydrogen (secondary N) is 1. The Morgan fingerprint density at radius 2 is 1.10 bits per heavy atom. The molecule has 0 aliphatic heterocycles. The maximum atomic E-state index is 6.70. The molecule has 1 heterocycles. The number of fused-ring (bicyclic) bond motifs is 3. The molecule has 0 atom stereocenters. The zero-order valence-corrected chi connectivity index (χ0v) is 27.8. The molecule has 0 saturated carbocycles. The molecule has 0 radical (unpaired) electrons. The van der Waals surface area contributed by atoms with Crippen molar-refractivity contribution in [3.8, 4) is 33.4 Å². The lowest BCUT2D eigenvalue weighted by molar-refractivity contribution is -0.108. The SMILES string of the molecule is [NH2+]=C1C=C(c2ccc3c(-c4ccccc4)c4ccccc4c(-c4ccccc4)c3c2)C=C/C1=N/Nc1ccc(-c2cccnc2)c2ccccc12. The number of nitrogens with zero attached hydrogens (tertiary/aromatic N) is 2. The molecule has 4 nitrogen and oxygen atoms in total. The Kier molecular flexibility index (Phi) is 7.60. The predicted octanol–water partition coefficient (Wildman–Crippen LogP) is 10.2. The molecule has 0 unspecified atom stereocenters. The Bertz CT molecular complexity index is 2710. The predicted molar refractivity (Wildman–Crippen MR) is 215 cm³/mol. The fourth-order valence-corrected chi connectivity index (χ4v) is 7.32. The molecule has 0 bridgehead atoms. The minimum Gasteiger partial charge on any atom is -0.277 e. The Labute approximate surface area is 296 Å². The zero-order valence-electron chi connectivity index (χ0n) is 27.8. The topological polar surface area (TPSA) is 62.9 Å². The number of hydrazone groups is 1. The van der Waals surface area contributed by atoms with Crippen LogP contribution < -0.4 is 10.8 Å². The van der Waals surface area contributed by atoms with Gasteiger partial charge in [0.25, 0.3) is 0 Å². The Morgan fingerprint density at radius 1 is 0.490 bits per heavy atom. The summed E-state index contributed by atoms with van der Waals surface area (Å²) in [5.74, 6) is 0. The summed E-state index contributed by atoms with van der Waals surface area (Å²) < 4.78 is 0. The van der Waals surface area contributed by atoms with Crippen molar-refractivity contribution >= 4 is 55.0 Å². The smallest absolute Gasteiger partial charge is 0.225 e. The molecule has 8 aromatic rings. The highest BCUT2D eigenvalue weighted by atomic mass is 15.3. The van der Waals surface area contributed by atoms with Gasteiger partial charge in [0.2, 0.25) is 5.71 Å². The van der Waals surface area contributed by atoms with Crippen molar-refractivity contribution in [1.82, 2.24) is 4.98 Å². The van der Waals surface area contributed by atoms with Gasteiger partial charge in [-0.15, -0.1) is 0 Å². The van der Waals surface area contributed by atoms with E-state index in [1.165, 1.54) is 43.8 Å². The van der Waals surface area contributed by atoms with Crippen molar-refractivity contribution in [3.63, 3.8) is 0 Å². The largest absolute Gasteiger partial charge is 0.277 e. The molecule has 0 spiro atoms. The van der Waals surface area contributed by atoms with Gasteiger partial charge >= 0.3 is 0 Å². The van der Waals surface area contributed by atoms with Crippen LogP contribution in [0.4, 0.5) is 5.69 Å².